The smallest absolute Gasteiger partial charge is 0.118 e. The van der Waals surface area contributed by atoms with Gasteiger partial charge in [0.15, 0.2) is 0 Å². The molecule has 1 aromatic rings. The van der Waals surface area contributed by atoms with Crippen LogP contribution in [0.4, 0.5) is 0 Å². The number of hydrogen-bond acceptors (Lipinski definition) is 2. The van der Waals surface area contributed by atoms with Gasteiger partial charge in [0.1, 0.15) is 12.0 Å². The number of furan rings is 1. The molecule has 0 aliphatic rings. The molecule has 0 atom stereocenters. The Kier molecular flexibility index (Phi) is 7.49. The van der Waals surface area contributed by atoms with Gasteiger partial charge in [-0.25, -0.2) is 0 Å². The van der Waals surface area contributed by atoms with Crippen molar-refractivity contribution in [1.82, 2.24) is 5.32 Å². The third-order valence-corrected chi connectivity index (χ3v) is 1.61. The molecule has 1 heterocycles. The first-order chi connectivity index (χ1) is 7.22. The van der Waals surface area contributed by atoms with Gasteiger partial charge in [-0.05, 0) is 13.0 Å². The third-order valence-electron chi connectivity index (χ3n) is 1.61. The van der Waals surface area contributed by atoms with E-state index >= 15 is 0 Å². The van der Waals surface area contributed by atoms with Crippen LogP contribution in [0.15, 0.2) is 16.7 Å². The van der Waals surface area contributed by atoms with Crippen LogP contribution >= 0.6 is 0 Å². The summed E-state index contributed by atoms with van der Waals surface area (Å²) in [4.78, 5) is 0. The van der Waals surface area contributed by atoms with Crippen molar-refractivity contribution in [3.05, 3.63) is 23.7 Å². The van der Waals surface area contributed by atoms with Gasteiger partial charge in [-0.3, -0.25) is 0 Å². The Morgan fingerprint density at radius 1 is 1.40 bits per heavy atom. The highest BCUT2D eigenvalue weighted by molar-refractivity contribution is 5.32. The minimum Gasteiger partial charge on any atom is -0.467 e. The van der Waals surface area contributed by atoms with Crippen LogP contribution in [0.1, 0.15) is 45.9 Å². The van der Waals surface area contributed by atoms with Crippen molar-refractivity contribution in [1.29, 1.82) is 0 Å². The minimum atomic E-state index is 0.478. The summed E-state index contributed by atoms with van der Waals surface area (Å²) in [7, 11) is 0. The highest BCUT2D eigenvalue weighted by atomic mass is 16.3. The van der Waals surface area contributed by atoms with Gasteiger partial charge in [0.25, 0.3) is 0 Å². The molecule has 0 radical (unpaired) electrons. The molecule has 1 N–H and O–H groups in total. The molecule has 0 saturated heterocycles. The van der Waals surface area contributed by atoms with E-state index in [4.69, 9.17) is 4.42 Å². The third kappa shape index (κ3) is 5.98. The van der Waals surface area contributed by atoms with Gasteiger partial charge in [0.2, 0.25) is 0 Å². The second-order valence-electron chi connectivity index (χ2n) is 3.21. The average Bonchev–Trinajstić information content (AvgIpc) is 2.67. The van der Waals surface area contributed by atoms with Crippen LogP contribution in [0.3, 0.4) is 0 Å². The molecular formula is C13H21NO. The molecule has 1 aromatic heterocycles. The van der Waals surface area contributed by atoms with Gasteiger partial charge in [0, 0.05) is 6.04 Å². The lowest BCUT2D eigenvalue weighted by Gasteiger charge is -2.04. The monoisotopic (exact) mass is 207 g/mol. The van der Waals surface area contributed by atoms with Crippen LogP contribution in [-0.2, 0) is 6.54 Å². The summed E-state index contributed by atoms with van der Waals surface area (Å²) in [6.07, 6.45) is 1.69. The van der Waals surface area contributed by atoms with Crippen molar-refractivity contribution < 1.29 is 4.42 Å². The van der Waals surface area contributed by atoms with Crippen molar-refractivity contribution in [2.24, 2.45) is 0 Å². The van der Waals surface area contributed by atoms with Crippen molar-refractivity contribution in [3.8, 4) is 11.8 Å². The molecule has 84 valence electrons. The van der Waals surface area contributed by atoms with Crippen LogP contribution in [0.25, 0.3) is 0 Å². The van der Waals surface area contributed by atoms with Crippen molar-refractivity contribution in [3.63, 3.8) is 0 Å². The van der Waals surface area contributed by atoms with Crippen molar-refractivity contribution in [2.45, 2.75) is 47.2 Å². The Morgan fingerprint density at radius 2 is 2.07 bits per heavy atom. The Balaban J connectivity index is 0.000000921. The summed E-state index contributed by atoms with van der Waals surface area (Å²) in [5, 5.41) is 3.28. The first-order valence-corrected chi connectivity index (χ1v) is 5.46. The molecule has 0 saturated carbocycles. The average molecular weight is 207 g/mol. The van der Waals surface area contributed by atoms with E-state index in [1.165, 1.54) is 0 Å². The van der Waals surface area contributed by atoms with Crippen LogP contribution in [0.2, 0.25) is 0 Å². The molecule has 0 aliphatic carbocycles. The Bertz CT molecular complexity index is 315. The fourth-order valence-corrected chi connectivity index (χ4v) is 0.988. The van der Waals surface area contributed by atoms with E-state index in [9.17, 15) is 0 Å². The van der Waals surface area contributed by atoms with Gasteiger partial charge in [-0.1, -0.05) is 33.6 Å². The molecule has 0 bridgehead atoms. The van der Waals surface area contributed by atoms with Gasteiger partial charge in [-0.15, -0.1) is 5.92 Å². The zero-order valence-corrected chi connectivity index (χ0v) is 10.3. The van der Waals surface area contributed by atoms with E-state index < -0.39 is 0 Å². The summed E-state index contributed by atoms with van der Waals surface area (Å²) in [6, 6.07) is 2.44. The zero-order valence-electron chi connectivity index (χ0n) is 10.3. The number of nitrogens with one attached hydrogen (secondary N) is 1. The van der Waals surface area contributed by atoms with Crippen LogP contribution in [-0.4, -0.2) is 6.04 Å². The predicted octanol–water partition coefficient (Wildman–Crippen LogP) is 3.18. The first kappa shape index (κ1) is 13.8. The van der Waals surface area contributed by atoms with E-state index in [0.29, 0.717) is 6.04 Å². The van der Waals surface area contributed by atoms with Gasteiger partial charge in [-0.2, -0.15) is 0 Å². The second kappa shape index (κ2) is 8.14. The highest BCUT2D eigenvalue weighted by Gasteiger charge is 1.99. The quantitative estimate of drug-likeness (QED) is 0.770. The molecule has 0 spiro atoms. The molecule has 0 fully saturated rings. The lowest BCUT2D eigenvalue weighted by atomic mass is 10.3. The Labute approximate surface area is 93.1 Å². The fraction of sp³-hybridized carbons (Fsp3) is 0.538. The molecule has 1 rings (SSSR count). The summed E-state index contributed by atoms with van der Waals surface area (Å²) in [5.74, 6) is 6.71. The Hall–Kier alpha value is -1.20. The molecular weight excluding hydrogens is 186 g/mol. The summed E-state index contributed by atoms with van der Waals surface area (Å²) >= 11 is 0. The minimum absolute atomic E-state index is 0.478. The molecule has 0 amide bonds. The van der Waals surface area contributed by atoms with E-state index in [2.05, 4.69) is 31.0 Å². The Morgan fingerprint density at radius 3 is 2.60 bits per heavy atom. The first-order valence-electron chi connectivity index (χ1n) is 5.46. The molecule has 2 heteroatoms. The zero-order chi connectivity index (χ0) is 11.7. The van der Waals surface area contributed by atoms with Crippen LogP contribution in [0, 0.1) is 11.8 Å². The summed E-state index contributed by atoms with van der Waals surface area (Å²) in [6.45, 7) is 10.8. The van der Waals surface area contributed by atoms with Gasteiger partial charge < -0.3 is 9.73 Å². The highest BCUT2D eigenvalue weighted by Crippen LogP contribution is 2.06. The summed E-state index contributed by atoms with van der Waals surface area (Å²) < 4.78 is 5.30. The van der Waals surface area contributed by atoms with Crippen molar-refractivity contribution in [2.75, 3.05) is 0 Å². The lowest BCUT2D eigenvalue weighted by Crippen LogP contribution is -2.21. The maximum atomic E-state index is 5.30. The second-order valence-corrected chi connectivity index (χ2v) is 3.21. The predicted molar refractivity (Wildman–Crippen MR) is 64.6 cm³/mol. The summed E-state index contributed by atoms with van der Waals surface area (Å²) in [5.41, 5.74) is 0.947. The molecule has 0 aromatic carbocycles. The molecule has 15 heavy (non-hydrogen) atoms. The number of hydrogen-bond donors (Lipinski definition) is 1. The van der Waals surface area contributed by atoms with E-state index in [1.54, 1.807) is 6.26 Å². The maximum Gasteiger partial charge on any atom is 0.118 e. The van der Waals surface area contributed by atoms with E-state index in [1.807, 2.05) is 26.8 Å². The van der Waals surface area contributed by atoms with Gasteiger partial charge in [0.05, 0.1) is 12.1 Å². The topological polar surface area (TPSA) is 25.2 Å². The maximum absolute atomic E-state index is 5.30. The van der Waals surface area contributed by atoms with Gasteiger partial charge >= 0.3 is 0 Å². The van der Waals surface area contributed by atoms with E-state index in [0.717, 1.165) is 17.9 Å². The van der Waals surface area contributed by atoms with E-state index in [-0.39, 0.29) is 0 Å². The lowest BCUT2D eigenvalue weighted by molar-refractivity contribution is 0.465. The fourth-order valence-electron chi connectivity index (χ4n) is 0.988. The standard InChI is InChI=1S/C11H15NO.C2H6/c1-4-5-10-6-11(13-8-10)7-12-9(2)3;1-2/h6,8-9,12H,7H2,1-3H3;1-2H3. The van der Waals surface area contributed by atoms with Crippen molar-refractivity contribution >= 4 is 0 Å². The molecule has 0 unspecified atom stereocenters. The normalized spacial score (nSPS) is 8.93. The van der Waals surface area contributed by atoms with Crippen LogP contribution in [0.5, 0.6) is 0 Å². The number of rotatable bonds is 3. The SMILES string of the molecule is CC.CC#Cc1coc(CNC(C)C)c1. The van der Waals surface area contributed by atoms with Crippen LogP contribution < -0.4 is 5.32 Å². The largest absolute Gasteiger partial charge is 0.467 e. The molecule has 0 aliphatic heterocycles. The molecule has 2 nitrogen and oxygen atoms in total.